The Labute approximate surface area is 102 Å². The molecule has 0 aliphatic carbocycles. The molecular weight excluding hydrogens is 216 g/mol. The second-order valence-electron chi connectivity index (χ2n) is 4.89. The Hall–Kier alpha value is -0.910. The van der Waals surface area contributed by atoms with Gasteiger partial charge in [-0.2, -0.15) is 5.10 Å². The summed E-state index contributed by atoms with van der Waals surface area (Å²) in [6.45, 7) is 5.95. The van der Waals surface area contributed by atoms with E-state index in [1.54, 1.807) is 0 Å². The van der Waals surface area contributed by atoms with E-state index >= 15 is 0 Å². The minimum atomic E-state index is -0.150. The van der Waals surface area contributed by atoms with Crippen molar-refractivity contribution in [3.8, 4) is 0 Å². The van der Waals surface area contributed by atoms with Crippen molar-refractivity contribution in [2.24, 2.45) is 5.84 Å². The minimum Gasteiger partial charge on any atom is -0.374 e. The van der Waals surface area contributed by atoms with Gasteiger partial charge in [-0.1, -0.05) is 0 Å². The van der Waals surface area contributed by atoms with Crippen molar-refractivity contribution in [2.45, 2.75) is 51.3 Å². The lowest BCUT2D eigenvalue weighted by molar-refractivity contribution is -0.0115. The molecule has 96 valence electrons. The van der Waals surface area contributed by atoms with Crippen LogP contribution in [0.3, 0.4) is 0 Å². The van der Waals surface area contributed by atoms with Crippen LogP contribution in [0, 0.1) is 0 Å². The number of aromatic nitrogens is 2. The summed E-state index contributed by atoms with van der Waals surface area (Å²) in [6, 6.07) is 0.138. The standard InChI is InChI=1S/C12H22N4O/c1-3-16-9-10(8-14-16)7-11(15-13)12(2)5-4-6-17-12/h8-9,11,15H,3-7,13H2,1-2H3. The van der Waals surface area contributed by atoms with Crippen molar-refractivity contribution in [3.05, 3.63) is 18.0 Å². The van der Waals surface area contributed by atoms with Crippen LogP contribution in [0.1, 0.15) is 32.3 Å². The zero-order chi connectivity index (χ0) is 12.3. The fourth-order valence-corrected chi connectivity index (χ4v) is 2.45. The summed E-state index contributed by atoms with van der Waals surface area (Å²) in [4.78, 5) is 0. The molecule has 2 unspecified atom stereocenters. The zero-order valence-electron chi connectivity index (χ0n) is 10.6. The number of aryl methyl sites for hydroxylation is 1. The summed E-state index contributed by atoms with van der Waals surface area (Å²) >= 11 is 0. The SMILES string of the molecule is CCn1cc(CC(NN)C2(C)CCCO2)cn1. The minimum absolute atomic E-state index is 0.138. The Kier molecular flexibility index (Phi) is 3.81. The van der Waals surface area contributed by atoms with Gasteiger partial charge >= 0.3 is 0 Å². The number of hydrogen-bond donors (Lipinski definition) is 2. The number of rotatable bonds is 5. The molecule has 3 N–H and O–H groups in total. The van der Waals surface area contributed by atoms with E-state index in [1.807, 2.05) is 10.9 Å². The highest BCUT2D eigenvalue weighted by Crippen LogP contribution is 2.29. The van der Waals surface area contributed by atoms with E-state index in [0.29, 0.717) is 0 Å². The Balaban J connectivity index is 2.04. The fraction of sp³-hybridized carbons (Fsp3) is 0.750. The van der Waals surface area contributed by atoms with Gasteiger partial charge in [-0.3, -0.25) is 16.0 Å². The number of nitrogens with one attached hydrogen (secondary N) is 1. The average Bonchev–Trinajstić information content (AvgIpc) is 2.95. The predicted octanol–water partition coefficient (Wildman–Crippen LogP) is 0.846. The first-order valence-electron chi connectivity index (χ1n) is 6.29. The molecule has 0 aromatic carbocycles. The summed E-state index contributed by atoms with van der Waals surface area (Å²) in [5.74, 6) is 5.67. The summed E-state index contributed by atoms with van der Waals surface area (Å²) in [6.07, 6.45) is 7.01. The van der Waals surface area contributed by atoms with E-state index in [4.69, 9.17) is 10.6 Å². The highest BCUT2D eigenvalue weighted by atomic mass is 16.5. The van der Waals surface area contributed by atoms with Crippen molar-refractivity contribution in [3.63, 3.8) is 0 Å². The molecule has 0 spiro atoms. The van der Waals surface area contributed by atoms with Gasteiger partial charge in [0.05, 0.1) is 17.8 Å². The van der Waals surface area contributed by atoms with Crippen LogP contribution in [-0.4, -0.2) is 28.0 Å². The first-order chi connectivity index (χ1) is 8.18. The van der Waals surface area contributed by atoms with Gasteiger partial charge in [0, 0.05) is 19.3 Å². The van der Waals surface area contributed by atoms with Crippen LogP contribution in [0.4, 0.5) is 0 Å². The first kappa shape index (κ1) is 12.5. The quantitative estimate of drug-likeness (QED) is 0.589. The molecule has 0 amide bonds. The van der Waals surface area contributed by atoms with E-state index in [9.17, 15) is 0 Å². The monoisotopic (exact) mass is 238 g/mol. The van der Waals surface area contributed by atoms with Crippen LogP contribution < -0.4 is 11.3 Å². The highest BCUT2D eigenvalue weighted by Gasteiger charge is 2.37. The molecule has 1 aromatic rings. The third-order valence-electron chi connectivity index (χ3n) is 3.64. The largest absolute Gasteiger partial charge is 0.374 e. The van der Waals surface area contributed by atoms with E-state index in [2.05, 4.69) is 30.6 Å². The number of hydrogen-bond acceptors (Lipinski definition) is 4. The smallest absolute Gasteiger partial charge is 0.0824 e. The van der Waals surface area contributed by atoms with Crippen LogP contribution in [0.25, 0.3) is 0 Å². The van der Waals surface area contributed by atoms with Crippen molar-refractivity contribution < 1.29 is 4.74 Å². The Morgan fingerprint density at radius 1 is 1.71 bits per heavy atom. The molecule has 2 atom stereocenters. The zero-order valence-corrected chi connectivity index (χ0v) is 10.6. The molecule has 1 fully saturated rings. The third kappa shape index (κ3) is 2.68. The van der Waals surface area contributed by atoms with Gasteiger partial charge < -0.3 is 4.74 Å². The number of nitrogens with zero attached hydrogens (tertiary/aromatic N) is 2. The molecule has 5 heteroatoms. The van der Waals surface area contributed by atoms with Gasteiger partial charge in [-0.25, -0.2) is 0 Å². The molecule has 0 bridgehead atoms. The van der Waals surface area contributed by atoms with Gasteiger partial charge in [-0.15, -0.1) is 0 Å². The lowest BCUT2D eigenvalue weighted by Crippen LogP contribution is -2.52. The van der Waals surface area contributed by atoms with Crippen LogP contribution in [-0.2, 0) is 17.7 Å². The molecule has 2 heterocycles. The average molecular weight is 238 g/mol. The fourth-order valence-electron chi connectivity index (χ4n) is 2.45. The summed E-state index contributed by atoms with van der Waals surface area (Å²) in [5.41, 5.74) is 3.95. The summed E-state index contributed by atoms with van der Waals surface area (Å²) in [5, 5.41) is 4.28. The van der Waals surface area contributed by atoms with Gasteiger partial charge in [0.15, 0.2) is 0 Å². The van der Waals surface area contributed by atoms with E-state index in [-0.39, 0.29) is 11.6 Å². The van der Waals surface area contributed by atoms with Crippen LogP contribution in [0.2, 0.25) is 0 Å². The molecular formula is C12H22N4O. The maximum atomic E-state index is 5.83. The lowest BCUT2D eigenvalue weighted by atomic mass is 9.89. The molecule has 5 nitrogen and oxygen atoms in total. The Morgan fingerprint density at radius 2 is 2.53 bits per heavy atom. The molecule has 1 saturated heterocycles. The molecule has 1 aliphatic heterocycles. The van der Waals surface area contributed by atoms with Crippen LogP contribution in [0.5, 0.6) is 0 Å². The van der Waals surface area contributed by atoms with Crippen LogP contribution >= 0.6 is 0 Å². The topological polar surface area (TPSA) is 65.1 Å². The third-order valence-corrected chi connectivity index (χ3v) is 3.64. The van der Waals surface area contributed by atoms with Gasteiger partial charge in [0.2, 0.25) is 0 Å². The molecule has 2 rings (SSSR count). The lowest BCUT2D eigenvalue weighted by Gasteiger charge is -2.32. The number of ether oxygens (including phenoxy) is 1. The Bertz CT molecular complexity index is 357. The van der Waals surface area contributed by atoms with Gasteiger partial charge in [0.25, 0.3) is 0 Å². The maximum Gasteiger partial charge on any atom is 0.0824 e. The van der Waals surface area contributed by atoms with Crippen molar-refractivity contribution in [1.82, 2.24) is 15.2 Å². The predicted molar refractivity (Wildman–Crippen MR) is 66.3 cm³/mol. The molecule has 17 heavy (non-hydrogen) atoms. The second-order valence-corrected chi connectivity index (χ2v) is 4.89. The van der Waals surface area contributed by atoms with E-state index < -0.39 is 0 Å². The summed E-state index contributed by atoms with van der Waals surface area (Å²) in [7, 11) is 0. The van der Waals surface area contributed by atoms with Crippen molar-refractivity contribution in [1.29, 1.82) is 0 Å². The molecule has 1 aromatic heterocycles. The van der Waals surface area contributed by atoms with Crippen LogP contribution in [0.15, 0.2) is 12.4 Å². The van der Waals surface area contributed by atoms with E-state index in [0.717, 1.165) is 32.4 Å². The Morgan fingerprint density at radius 3 is 3.06 bits per heavy atom. The second kappa shape index (κ2) is 5.16. The summed E-state index contributed by atoms with van der Waals surface area (Å²) < 4.78 is 7.76. The maximum absolute atomic E-state index is 5.83. The number of hydrazine groups is 1. The molecule has 1 aliphatic rings. The molecule has 0 saturated carbocycles. The van der Waals surface area contributed by atoms with Gasteiger partial charge in [0.1, 0.15) is 0 Å². The molecule has 0 radical (unpaired) electrons. The van der Waals surface area contributed by atoms with Gasteiger partial charge in [-0.05, 0) is 38.7 Å². The van der Waals surface area contributed by atoms with Crippen molar-refractivity contribution >= 4 is 0 Å². The number of nitrogens with two attached hydrogens (primary N) is 1. The van der Waals surface area contributed by atoms with E-state index in [1.165, 1.54) is 5.56 Å². The highest BCUT2D eigenvalue weighted by molar-refractivity contribution is 5.09. The van der Waals surface area contributed by atoms with Crippen molar-refractivity contribution in [2.75, 3.05) is 6.61 Å². The normalized spacial score (nSPS) is 26.3. The first-order valence-corrected chi connectivity index (χ1v) is 6.29.